The predicted octanol–water partition coefficient (Wildman–Crippen LogP) is 1.90. The molecule has 0 radical (unpaired) electrons. The number of hydrogen-bond donors (Lipinski definition) is 1. The summed E-state index contributed by atoms with van der Waals surface area (Å²) in [6.07, 6.45) is 3.18. The van der Waals surface area contributed by atoms with Crippen LogP contribution in [0.1, 0.15) is 0 Å². The first-order valence-corrected chi connectivity index (χ1v) is 5.96. The Morgan fingerprint density at radius 3 is 3.05 bits per heavy atom. The van der Waals surface area contributed by atoms with E-state index in [1.165, 1.54) is 6.20 Å². The zero-order chi connectivity index (χ0) is 13.2. The lowest BCUT2D eigenvalue weighted by Crippen LogP contribution is -2.18. The zero-order valence-electron chi connectivity index (χ0n) is 9.80. The lowest BCUT2D eigenvalue weighted by Gasteiger charge is -2.07. The largest absolute Gasteiger partial charge is 0.454 e. The van der Waals surface area contributed by atoms with Gasteiger partial charge in [-0.1, -0.05) is 0 Å². The van der Waals surface area contributed by atoms with Gasteiger partial charge in [0.15, 0.2) is 11.5 Å². The van der Waals surface area contributed by atoms with Crippen molar-refractivity contribution in [1.29, 1.82) is 0 Å². The summed E-state index contributed by atoms with van der Waals surface area (Å²) in [7, 11) is 0. The summed E-state index contributed by atoms with van der Waals surface area (Å²) < 4.78 is 12.0. The van der Waals surface area contributed by atoms with Crippen molar-refractivity contribution < 1.29 is 14.3 Å². The highest BCUT2D eigenvalue weighted by atomic mass is 35.5. The van der Waals surface area contributed by atoms with Crippen molar-refractivity contribution in [2.24, 2.45) is 0 Å². The molecule has 0 saturated heterocycles. The molecule has 2 aromatic rings. The second-order valence-corrected chi connectivity index (χ2v) is 4.28. The molecule has 0 unspecified atom stereocenters. The molecule has 1 amide bonds. The van der Waals surface area contributed by atoms with E-state index in [1.54, 1.807) is 29.0 Å². The van der Waals surface area contributed by atoms with Gasteiger partial charge in [0, 0.05) is 24.1 Å². The van der Waals surface area contributed by atoms with Crippen LogP contribution in [0.5, 0.6) is 11.5 Å². The van der Waals surface area contributed by atoms with Crippen LogP contribution in [0.4, 0.5) is 5.69 Å². The van der Waals surface area contributed by atoms with Crippen molar-refractivity contribution in [3.63, 3.8) is 0 Å². The van der Waals surface area contributed by atoms with Gasteiger partial charge in [-0.2, -0.15) is 0 Å². The van der Waals surface area contributed by atoms with E-state index in [1.807, 2.05) is 0 Å². The van der Waals surface area contributed by atoms with E-state index in [4.69, 9.17) is 21.1 Å². The van der Waals surface area contributed by atoms with Crippen LogP contribution >= 0.6 is 11.6 Å². The van der Waals surface area contributed by atoms with Crippen LogP contribution in [-0.4, -0.2) is 22.3 Å². The maximum Gasteiger partial charge on any atom is 0.244 e. The lowest BCUT2D eigenvalue weighted by atomic mass is 10.3. The molecule has 1 N–H and O–H groups in total. The fourth-order valence-electron chi connectivity index (χ4n) is 1.76. The number of amides is 1. The van der Waals surface area contributed by atoms with Gasteiger partial charge in [0.05, 0.1) is 0 Å². The van der Waals surface area contributed by atoms with Gasteiger partial charge in [0.1, 0.15) is 6.54 Å². The first kappa shape index (κ1) is 11.9. The summed E-state index contributed by atoms with van der Waals surface area (Å²) in [4.78, 5) is 15.7. The molecular weight excluding hydrogens is 270 g/mol. The quantitative estimate of drug-likeness (QED) is 0.932. The molecule has 0 saturated carbocycles. The van der Waals surface area contributed by atoms with E-state index in [-0.39, 0.29) is 24.5 Å². The average Bonchev–Trinajstić information content (AvgIpc) is 2.98. The topological polar surface area (TPSA) is 65.4 Å². The van der Waals surface area contributed by atoms with Gasteiger partial charge in [-0.15, -0.1) is 0 Å². The molecule has 1 aromatic heterocycles. The number of rotatable bonds is 3. The molecule has 98 valence electrons. The Balaban J connectivity index is 1.68. The van der Waals surface area contributed by atoms with E-state index in [9.17, 15) is 4.79 Å². The summed E-state index contributed by atoms with van der Waals surface area (Å²) in [6.45, 7) is 0.310. The first-order chi connectivity index (χ1) is 9.22. The monoisotopic (exact) mass is 279 g/mol. The highest BCUT2D eigenvalue weighted by Gasteiger charge is 2.14. The van der Waals surface area contributed by atoms with Crippen LogP contribution in [0.2, 0.25) is 5.28 Å². The van der Waals surface area contributed by atoms with Crippen molar-refractivity contribution in [3.05, 3.63) is 35.9 Å². The Morgan fingerprint density at radius 2 is 2.26 bits per heavy atom. The Labute approximate surface area is 113 Å². The van der Waals surface area contributed by atoms with Gasteiger partial charge in [0.2, 0.25) is 18.0 Å². The van der Waals surface area contributed by atoms with Crippen molar-refractivity contribution in [3.8, 4) is 11.5 Å². The summed E-state index contributed by atoms with van der Waals surface area (Å²) >= 11 is 5.80. The maximum absolute atomic E-state index is 11.8. The van der Waals surface area contributed by atoms with Crippen molar-refractivity contribution in [2.75, 3.05) is 12.1 Å². The Morgan fingerprint density at radius 1 is 1.42 bits per heavy atom. The predicted molar refractivity (Wildman–Crippen MR) is 68.4 cm³/mol. The van der Waals surface area contributed by atoms with Crippen LogP contribution < -0.4 is 14.8 Å². The third-order valence-electron chi connectivity index (χ3n) is 2.63. The highest BCUT2D eigenvalue weighted by Crippen LogP contribution is 2.34. The lowest BCUT2D eigenvalue weighted by molar-refractivity contribution is -0.116. The number of aromatic nitrogens is 2. The molecule has 0 aliphatic carbocycles. The van der Waals surface area contributed by atoms with E-state index in [0.29, 0.717) is 17.2 Å². The van der Waals surface area contributed by atoms with Gasteiger partial charge in [-0.05, 0) is 23.7 Å². The van der Waals surface area contributed by atoms with Crippen LogP contribution in [0.25, 0.3) is 0 Å². The van der Waals surface area contributed by atoms with Crippen LogP contribution in [-0.2, 0) is 11.3 Å². The maximum atomic E-state index is 11.8. The number of anilines is 1. The van der Waals surface area contributed by atoms with Gasteiger partial charge < -0.3 is 19.4 Å². The van der Waals surface area contributed by atoms with Gasteiger partial charge in [-0.25, -0.2) is 4.98 Å². The van der Waals surface area contributed by atoms with Crippen LogP contribution in [0, 0.1) is 0 Å². The molecule has 3 rings (SSSR count). The summed E-state index contributed by atoms with van der Waals surface area (Å²) in [5, 5.41) is 3.03. The summed E-state index contributed by atoms with van der Waals surface area (Å²) in [5.74, 6) is 1.10. The Kier molecular flexibility index (Phi) is 3.00. The smallest absolute Gasteiger partial charge is 0.244 e. The minimum Gasteiger partial charge on any atom is -0.454 e. The molecular formula is C12H10ClN3O3. The molecule has 2 heterocycles. The minimum atomic E-state index is -0.196. The molecule has 19 heavy (non-hydrogen) atoms. The molecule has 1 aliphatic rings. The number of carbonyl (C=O) groups is 1. The molecule has 1 aromatic carbocycles. The molecule has 0 spiro atoms. The summed E-state index contributed by atoms with van der Waals surface area (Å²) in [5.41, 5.74) is 0.644. The average molecular weight is 280 g/mol. The van der Waals surface area contributed by atoms with E-state index < -0.39 is 0 Å². The number of nitrogens with one attached hydrogen (secondary N) is 1. The zero-order valence-corrected chi connectivity index (χ0v) is 10.6. The van der Waals surface area contributed by atoms with Gasteiger partial charge >= 0.3 is 0 Å². The minimum absolute atomic E-state index is 0.104. The third kappa shape index (κ3) is 2.48. The Bertz CT molecular complexity index is 626. The molecule has 1 aliphatic heterocycles. The number of carbonyl (C=O) groups excluding carboxylic acids is 1. The molecule has 6 nitrogen and oxygen atoms in total. The molecule has 0 fully saturated rings. The van der Waals surface area contributed by atoms with E-state index >= 15 is 0 Å². The normalized spacial score (nSPS) is 12.5. The highest BCUT2D eigenvalue weighted by molar-refractivity contribution is 6.28. The van der Waals surface area contributed by atoms with Gasteiger partial charge in [0.25, 0.3) is 0 Å². The number of benzene rings is 1. The molecule has 0 bridgehead atoms. The van der Waals surface area contributed by atoms with E-state index in [2.05, 4.69) is 10.3 Å². The van der Waals surface area contributed by atoms with E-state index in [0.717, 1.165) is 0 Å². The second-order valence-electron chi connectivity index (χ2n) is 3.94. The fourth-order valence-corrected chi connectivity index (χ4v) is 1.93. The first-order valence-electron chi connectivity index (χ1n) is 5.58. The number of nitrogens with zero attached hydrogens (tertiary/aromatic N) is 2. The van der Waals surface area contributed by atoms with Crippen molar-refractivity contribution >= 4 is 23.2 Å². The number of fused-ring (bicyclic) bond motifs is 1. The number of imidazole rings is 1. The fraction of sp³-hybridized carbons (Fsp3) is 0.167. The molecule has 0 atom stereocenters. The number of ether oxygens (including phenoxy) is 2. The molecule has 7 heteroatoms. The Hall–Kier alpha value is -2.21. The van der Waals surface area contributed by atoms with Crippen LogP contribution in [0.3, 0.4) is 0 Å². The second kappa shape index (κ2) is 4.81. The van der Waals surface area contributed by atoms with Crippen molar-refractivity contribution in [2.45, 2.75) is 6.54 Å². The number of halogens is 1. The van der Waals surface area contributed by atoms with Gasteiger partial charge in [-0.3, -0.25) is 4.79 Å². The van der Waals surface area contributed by atoms with Crippen LogP contribution in [0.15, 0.2) is 30.6 Å². The standard InChI is InChI=1S/C12H10ClN3O3/c13-12-14-3-4-16(12)6-11(17)15-8-1-2-9-10(5-8)19-7-18-9/h1-5H,6-7H2,(H,15,17). The SMILES string of the molecule is O=C(Cn1ccnc1Cl)Nc1ccc2c(c1)OCO2. The third-order valence-corrected chi connectivity index (χ3v) is 2.95. The van der Waals surface area contributed by atoms with Crippen molar-refractivity contribution in [1.82, 2.24) is 9.55 Å². The number of hydrogen-bond acceptors (Lipinski definition) is 4. The summed E-state index contributed by atoms with van der Waals surface area (Å²) in [6, 6.07) is 5.22.